The fourth-order valence-corrected chi connectivity index (χ4v) is 0.151. The zero-order valence-electron chi connectivity index (χ0n) is 4.17. The van der Waals surface area contributed by atoms with Crippen LogP contribution in [0.15, 0.2) is 10.3 Å². The predicted molar refractivity (Wildman–Crippen MR) is 30.0 cm³/mol. The van der Waals surface area contributed by atoms with Gasteiger partial charge in [-0.05, 0) is 6.92 Å². The van der Waals surface area contributed by atoms with Gasteiger partial charge in [-0.3, -0.25) is 0 Å². The summed E-state index contributed by atoms with van der Waals surface area (Å²) in [5, 5.41) is 20.8. The van der Waals surface area contributed by atoms with E-state index in [1.54, 1.807) is 0 Å². The Balaban J connectivity index is 4.04. The summed E-state index contributed by atoms with van der Waals surface area (Å²) >= 11 is 5.13. The molecule has 0 saturated carbocycles. The van der Waals surface area contributed by atoms with E-state index in [-0.39, 0.29) is 10.9 Å². The molecule has 0 radical (unpaired) electrons. The maximum atomic E-state index is 7.95. The van der Waals surface area contributed by atoms with Gasteiger partial charge in [0.1, 0.15) is 5.71 Å². The number of rotatable bonds is 1. The van der Waals surface area contributed by atoms with Gasteiger partial charge in [0.15, 0.2) is 5.17 Å². The van der Waals surface area contributed by atoms with Crippen LogP contribution in [-0.4, -0.2) is 21.3 Å². The molecule has 0 aliphatic heterocycles. The van der Waals surface area contributed by atoms with E-state index >= 15 is 0 Å². The van der Waals surface area contributed by atoms with Crippen LogP contribution in [0.4, 0.5) is 0 Å². The van der Waals surface area contributed by atoms with E-state index in [1.165, 1.54) is 6.92 Å². The van der Waals surface area contributed by atoms with Gasteiger partial charge in [0.05, 0.1) is 0 Å². The van der Waals surface area contributed by atoms with Gasteiger partial charge < -0.3 is 10.4 Å². The quantitative estimate of drug-likeness (QED) is 0.319. The van der Waals surface area contributed by atoms with Crippen molar-refractivity contribution in [2.24, 2.45) is 10.3 Å². The fraction of sp³-hybridized carbons (Fsp3) is 0.333. The van der Waals surface area contributed by atoms with E-state index in [4.69, 9.17) is 22.0 Å². The molecule has 5 heteroatoms. The molecule has 0 fully saturated rings. The molecule has 0 saturated heterocycles. The molecule has 0 bridgehead atoms. The Morgan fingerprint density at radius 2 is 1.88 bits per heavy atom. The predicted octanol–water partition coefficient (Wildman–Crippen LogP) is 0.863. The van der Waals surface area contributed by atoms with Crippen LogP contribution in [0.1, 0.15) is 6.92 Å². The van der Waals surface area contributed by atoms with Crippen molar-refractivity contribution in [2.75, 3.05) is 0 Å². The largest absolute Gasteiger partial charge is 0.411 e. The van der Waals surface area contributed by atoms with Crippen molar-refractivity contribution in [2.45, 2.75) is 6.92 Å². The van der Waals surface area contributed by atoms with Crippen LogP contribution in [-0.2, 0) is 0 Å². The molecule has 8 heavy (non-hydrogen) atoms. The van der Waals surface area contributed by atoms with E-state index < -0.39 is 0 Å². The molecule has 46 valence electrons. The van der Waals surface area contributed by atoms with Crippen molar-refractivity contribution >= 4 is 22.5 Å². The molecule has 0 aromatic rings. The van der Waals surface area contributed by atoms with E-state index in [0.29, 0.717) is 0 Å². The third kappa shape index (κ3) is 1.79. The minimum absolute atomic E-state index is 0.0779. The van der Waals surface area contributed by atoms with Gasteiger partial charge in [-0.15, -0.1) is 0 Å². The zero-order valence-corrected chi connectivity index (χ0v) is 4.92. The molecule has 4 nitrogen and oxygen atoms in total. The second-order valence-corrected chi connectivity index (χ2v) is 1.43. The number of halogens is 1. The van der Waals surface area contributed by atoms with Crippen LogP contribution >= 0.6 is 11.6 Å². The second kappa shape index (κ2) is 3.26. The van der Waals surface area contributed by atoms with Crippen LogP contribution in [0.5, 0.6) is 0 Å². The normalized spacial score (nSPS) is 14.2. The Kier molecular flexibility index (Phi) is 2.95. The lowest BCUT2D eigenvalue weighted by molar-refractivity contribution is 0.315. The Hall–Kier alpha value is -0.770. The van der Waals surface area contributed by atoms with Crippen molar-refractivity contribution in [1.29, 1.82) is 0 Å². The molecule has 0 heterocycles. The summed E-state index contributed by atoms with van der Waals surface area (Å²) in [6, 6.07) is 0. The molecule has 0 spiro atoms. The van der Waals surface area contributed by atoms with Gasteiger partial charge in [0, 0.05) is 0 Å². The van der Waals surface area contributed by atoms with Crippen LogP contribution in [0.2, 0.25) is 0 Å². The summed E-state index contributed by atoms with van der Waals surface area (Å²) in [4.78, 5) is 0. The van der Waals surface area contributed by atoms with Gasteiger partial charge in [-0.25, -0.2) is 0 Å². The van der Waals surface area contributed by atoms with E-state index in [2.05, 4.69) is 10.3 Å². The zero-order chi connectivity index (χ0) is 6.57. The Morgan fingerprint density at radius 1 is 1.38 bits per heavy atom. The van der Waals surface area contributed by atoms with Crippen molar-refractivity contribution in [3.05, 3.63) is 0 Å². The van der Waals surface area contributed by atoms with Crippen LogP contribution < -0.4 is 0 Å². The summed E-state index contributed by atoms with van der Waals surface area (Å²) < 4.78 is 0. The van der Waals surface area contributed by atoms with Crippen LogP contribution in [0.3, 0.4) is 0 Å². The van der Waals surface area contributed by atoms with Crippen molar-refractivity contribution < 1.29 is 10.4 Å². The van der Waals surface area contributed by atoms with Crippen molar-refractivity contribution in [3.8, 4) is 0 Å². The summed E-state index contributed by atoms with van der Waals surface area (Å²) in [7, 11) is 0. The Morgan fingerprint density at radius 3 is 2.00 bits per heavy atom. The second-order valence-electron chi connectivity index (χ2n) is 1.08. The van der Waals surface area contributed by atoms with Gasteiger partial charge in [0.25, 0.3) is 0 Å². The first-order valence-electron chi connectivity index (χ1n) is 1.79. The standard InChI is InChI=1S/C3H5ClN2O2/c1-2(5-7)3(4)6-8/h7-8H,1H3/b5-2+,6-3-. The highest BCUT2D eigenvalue weighted by Gasteiger charge is 1.97. The monoisotopic (exact) mass is 136 g/mol. The summed E-state index contributed by atoms with van der Waals surface area (Å²) in [5.74, 6) is 0. The molecule has 0 aliphatic rings. The van der Waals surface area contributed by atoms with E-state index in [0.717, 1.165) is 0 Å². The van der Waals surface area contributed by atoms with E-state index in [9.17, 15) is 0 Å². The summed E-state index contributed by atoms with van der Waals surface area (Å²) in [6.07, 6.45) is 0. The maximum Gasteiger partial charge on any atom is 0.192 e. The van der Waals surface area contributed by atoms with E-state index in [1.807, 2.05) is 0 Å². The molecule has 0 atom stereocenters. The van der Waals surface area contributed by atoms with Crippen LogP contribution in [0, 0.1) is 0 Å². The SMILES string of the molecule is CC(=N\O)/C(Cl)=N/O. The molecular weight excluding hydrogens is 131 g/mol. The van der Waals surface area contributed by atoms with Gasteiger partial charge >= 0.3 is 0 Å². The first-order valence-corrected chi connectivity index (χ1v) is 2.16. The number of hydrogen-bond acceptors (Lipinski definition) is 4. The third-order valence-corrected chi connectivity index (χ3v) is 0.885. The third-order valence-electron chi connectivity index (χ3n) is 0.536. The number of oxime groups is 2. The molecular formula is C3H5ClN2O2. The minimum Gasteiger partial charge on any atom is -0.411 e. The molecule has 0 unspecified atom stereocenters. The molecule has 0 aromatic carbocycles. The Bertz CT molecular complexity index is 115. The lowest BCUT2D eigenvalue weighted by atomic mass is 10.5. The van der Waals surface area contributed by atoms with Gasteiger partial charge in [-0.1, -0.05) is 21.9 Å². The topological polar surface area (TPSA) is 65.2 Å². The first-order chi connectivity index (χ1) is 3.72. The minimum atomic E-state index is -0.215. The average Bonchev–Trinajstić information content (AvgIpc) is 1.84. The average molecular weight is 137 g/mol. The fourth-order valence-electron chi connectivity index (χ4n) is 0.114. The smallest absolute Gasteiger partial charge is 0.192 e. The number of hydrogen-bond donors (Lipinski definition) is 2. The lowest BCUT2D eigenvalue weighted by Crippen LogP contribution is -2.01. The maximum absolute atomic E-state index is 7.95. The molecule has 2 N–H and O–H groups in total. The first kappa shape index (κ1) is 7.23. The highest BCUT2D eigenvalue weighted by molar-refractivity contribution is 6.83. The summed E-state index contributed by atoms with van der Waals surface area (Å²) in [5.41, 5.74) is 0.0779. The molecule has 0 rings (SSSR count). The number of nitrogens with zero attached hydrogens (tertiary/aromatic N) is 2. The molecule has 0 aromatic heterocycles. The lowest BCUT2D eigenvalue weighted by Gasteiger charge is -1.86. The van der Waals surface area contributed by atoms with Crippen LogP contribution in [0.25, 0.3) is 0 Å². The highest BCUT2D eigenvalue weighted by atomic mass is 35.5. The van der Waals surface area contributed by atoms with Crippen molar-refractivity contribution in [1.82, 2.24) is 0 Å². The van der Waals surface area contributed by atoms with Gasteiger partial charge in [-0.2, -0.15) is 0 Å². The Labute approximate surface area is 51.1 Å². The summed E-state index contributed by atoms with van der Waals surface area (Å²) in [6.45, 7) is 1.40. The van der Waals surface area contributed by atoms with Gasteiger partial charge in [0.2, 0.25) is 0 Å². The van der Waals surface area contributed by atoms with Crippen molar-refractivity contribution in [3.63, 3.8) is 0 Å². The molecule has 0 amide bonds. The highest BCUT2D eigenvalue weighted by Crippen LogP contribution is 1.86. The molecule has 0 aliphatic carbocycles.